The molecule has 0 N–H and O–H groups in total. The Hall–Kier alpha value is -2.18. The second kappa shape index (κ2) is 8.08. The van der Waals surface area contributed by atoms with Gasteiger partial charge in [-0.15, -0.1) is 0 Å². The lowest BCUT2D eigenvalue weighted by Gasteiger charge is -2.08. The van der Waals surface area contributed by atoms with Crippen molar-refractivity contribution in [3.05, 3.63) is 73.3 Å². The Morgan fingerprint density at radius 1 is 0.875 bits per heavy atom. The van der Waals surface area contributed by atoms with Gasteiger partial charge in [0.25, 0.3) is 0 Å². The highest BCUT2D eigenvalue weighted by molar-refractivity contribution is 8.14. The Morgan fingerprint density at radius 2 is 1.46 bits per heavy atom. The van der Waals surface area contributed by atoms with Gasteiger partial charge in [0.05, 0.1) is 4.90 Å². The number of hydrogen-bond acceptors (Lipinski definition) is 4. The van der Waals surface area contributed by atoms with Crippen LogP contribution in [0.5, 0.6) is 0 Å². The molecule has 2 rings (SSSR count). The van der Waals surface area contributed by atoms with Gasteiger partial charge in [0.15, 0.2) is 0 Å². The molecule has 0 aliphatic carbocycles. The number of hydrogen-bond donors (Lipinski definition) is 0. The Labute approximate surface area is 146 Å². The Balaban J connectivity index is 2.30. The van der Waals surface area contributed by atoms with Crippen LogP contribution >= 0.6 is 23.5 Å². The summed E-state index contributed by atoms with van der Waals surface area (Å²) in [5.74, 6) is -1.33. The smallest absolute Gasteiger partial charge is 0.216 e. The van der Waals surface area contributed by atoms with E-state index in [-0.39, 0.29) is 15.6 Å². The summed E-state index contributed by atoms with van der Waals surface area (Å²) in [6, 6.07) is 8.51. The van der Waals surface area contributed by atoms with E-state index in [4.69, 9.17) is 0 Å². The first kappa shape index (κ1) is 18.2. The van der Waals surface area contributed by atoms with Crippen LogP contribution in [0.1, 0.15) is 0 Å². The Bertz CT molecular complexity index is 815. The van der Waals surface area contributed by atoms with Gasteiger partial charge in [-0.1, -0.05) is 25.3 Å². The summed E-state index contributed by atoms with van der Waals surface area (Å²) in [7, 11) is 0. The SMILES string of the molecule is C=CC(=O)Sc1ccc(-c2cc(F)c(SC(=O)C=C)cc2F)cc1. The van der Waals surface area contributed by atoms with Crippen LogP contribution in [0.3, 0.4) is 0 Å². The molecule has 0 aliphatic heterocycles. The van der Waals surface area contributed by atoms with Crippen LogP contribution in [0.2, 0.25) is 0 Å². The summed E-state index contributed by atoms with van der Waals surface area (Å²) in [6.07, 6.45) is 2.24. The summed E-state index contributed by atoms with van der Waals surface area (Å²) in [6.45, 7) is 6.67. The third kappa shape index (κ3) is 4.43. The van der Waals surface area contributed by atoms with E-state index in [0.29, 0.717) is 22.2 Å². The van der Waals surface area contributed by atoms with Crippen molar-refractivity contribution in [2.75, 3.05) is 0 Å². The predicted octanol–water partition coefficient (Wildman–Crippen LogP) is 5.24. The molecule has 0 radical (unpaired) electrons. The highest BCUT2D eigenvalue weighted by Crippen LogP contribution is 2.32. The molecule has 0 aliphatic rings. The van der Waals surface area contributed by atoms with E-state index >= 15 is 0 Å². The van der Waals surface area contributed by atoms with Gasteiger partial charge in [-0.2, -0.15) is 0 Å². The molecule has 2 aromatic rings. The first-order valence-corrected chi connectivity index (χ1v) is 8.36. The molecule has 0 saturated carbocycles. The van der Waals surface area contributed by atoms with Gasteiger partial charge in [-0.05, 0) is 65.5 Å². The fourth-order valence-electron chi connectivity index (χ4n) is 1.84. The molecule has 24 heavy (non-hydrogen) atoms. The van der Waals surface area contributed by atoms with Gasteiger partial charge in [0.1, 0.15) is 11.6 Å². The van der Waals surface area contributed by atoms with Crippen LogP contribution in [-0.2, 0) is 9.59 Å². The molecule has 0 heterocycles. The van der Waals surface area contributed by atoms with Gasteiger partial charge in [-0.3, -0.25) is 9.59 Å². The molecule has 0 amide bonds. The number of benzene rings is 2. The third-order valence-corrected chi connectivity index (χ3v) is 4.73. The number of carbonyl (C=O) groups excluding carboxylic acids is 2. The summed E-state index contributed by atoms with van der Waals surface area (Å²) in [5.41, 5.74) is 0.544. The summed E-state index contributed by atoms with van der Waals surface area (Å²) in [4.78, 5) is 23.1. The van der Waals surface area contributed by atoms with E-state index in [9.17, 15) is 18.4 Å². The van der Waals surface area contributed by atoms with E-state index in [0.717, 1.165) is 30.0 Å². The van der Waals surface area contributed by atoms with Crippen molar-refractivity contribution < 1.29 is 18.4 Å². The molecular formula is C18H12F2O2S2. The topological polar surface area (TPSA) is 34.1 Å². The van der Waals surface area contributed by atoms with E-state index in [1.165, 1.54) is 6.08 Å². The van der Waals surface area contributed by atoms with Crippen molar-refractivity contribution in [1.82, 2.24) is 0 Å². The van der Waals surface area contributed by atoms with Crippen LogP contribution < -0.4 is 0 Å². The molecule has 0 spiro atoms. The quantitative estimate of drug-likeness (QED) is 0.538. The molecule has 2 nitrogen and oxygen atoms in total. The minimum Gasteiger partial charge on any atom is -0.282 e. The average Bonchev–Trinajstić information content (AvgIpc) is 2.58. The predicted molar refractivity (Wildman–Crippen MR) is 93.9 cm³/mol. The molecule has 0 unspecified atom stereocenters. The number of rotatable bonds is 5. The minimum atomic E-state index is -0.688. The largest absolute Gasteiger partial charge is 0.282 e. The monoisotopic (exact) mass is 362 g/mol. The van der Waals surface area contributed by atoms with Gasteiger partial charge in [0.2, 0.25) is 10.2 Å². The van der Waals surface area contributed by atoms with Crippen LogP contribution in [0, 0.1) is 11.6 Å². The van der Waals surface area contributed by atoms with Gasteiger partial charge in [-0.25, -0.2) is 8.78 Å². The van der Waals surface area contributed by atoms with Crippen molar-refractivity contribution in [3.63, 3.8) is 0 Å². The highest BCUT2D eigenvalue weighted by Gasteiger charge is 2.14. The average molecular weight is 362 g/mol. The highest BCUT2D eigenvalue weighted by atomic mass is 32.2. The lowest BCUT2D eigenvalue weighted by atomic mass is 10.1. The van der Waals surface area contributed by atoms with Crippen molar-refractivity contribution in [2.24, 2.45) is 0 Å². The fourth-order valence-corrected chi connectivity index (χ4v) is 3.05. The molecule has 6 heteroatoms. The van der Waals surface area contributed by atoms with Gasteiger partial charge >= 0.3 is 0 Å². The fraction of sp³-hybridized carbons (Fsp3) is 0. The summed E-state index contributed by atoms with van der Waals surface area (Å²) < 4.78 is 28.3. The van der Waals surface area contributed by atoms with Crippen LogP contribution in [-0.4, -0.2) is 10.2 Å². The number of carbonyl (C=O) groups is 2. The molecule has 2 aromatic carbocycles. The van der Waals surface area contributed by atoms with Crippen molar-refractivity contribution >= 4 is 33.8 Å². The van der Waals surface area contributed by atoms with Gasteiger partial charge in [0, 0.05) is 10.5 Å². The maximum absolute atomic E-state index is 14.2. The second-order valence-electron chi connectivity index (χ2n) is 4.54. The zero-order chi connectivity index (χ0) is 17.7. The number of thioether (sulfide) groups is 2. The maximum Gasteiger partial charge on any atom is 0.216 e. The molecule has 0 aromatic heterocycles. The summed E-state index contributed by atoms with van der Waals surface area (Å²) in [5, 5.41) is -0.664. The molecular weight excluding hydrogens is 350 g/mol. The van der Waals surface area contributed by atoms with Crippen molar-refractivity contribution in [1.29, 1.82) is 0 Å². The molecule has 0 atom stereocenters. The molecule has 0 fully saturated rings. The molecule has 0 bridgehead atoms. The van der Waals surface area contributed by atoms with E-state index in [1.54, 1.807) is 24.3 Å². The Kier molecular flexibility index (Phi) is 6.11. The van der Waals surface area contributed by atoms with E-state index in [1.807, 2.05) is 0 Å². The van der Waals surface area contributed by atoms with Crippen molar-refractivity contribution in [3.8, 4) is 11.1 Å². The first-order chi connectivity index (χ1) is 11.4. The summed E-state index contributed by atoms with van der Waals surface area (Å²) >= 11 is 1.57. The maximum atomic E-state index is 14.2. The first-order valence-electron chi connectivity index (χ1n) is 6.72. The third-order valence-electron chi connectivity index (χ3n) is 2.95. The van der Waals surface area contributed by atoms with Gasteiger partial charge < -0.3 is 0 Å². The lowest BCUT2D eigenvalue weighted by Crippen LogP contribution is -1.93. The zero-order valence-electron chi connectivity index (χ0n) is 12.4. The van der Waals surface area contributed by atoms with Crippen LogP contribution in [0.25, 0.3) is 11.1 Å². The van der Waals surface area contributed by atoms with E-state index in [2.05, 4.69) is 13.2 Å². The number of halogens is 2. The normalized spacial score (nSPS) is 10.2. The van der Waals surface area contributed by atoms with E-state index < -0.39 is 16.7 Å². The van der Waals surface area contributed by atoms with Crippen LogP contribution in [0.4, 0.5) is 8.78 Å². The van der Waals surface area contributed by atoms with Crippen LogP contribution in [0.15, 0.2) is 71.5 Å². The molecule has 0 saturated heterocycles. The zero-order valence-corrected chi connectivity index (χ0v) is 14.1. The second-order valence-corrected chi connectivity index (χ2v) is 6.66. The van der Waals surface area contributed by atoms with Crippen molar-refractivity contribution in [2.45, 2.75) is 9.79 Å². The molecule has 122 valence electrons. The standard InChI is InChI=1S/C18H12F2O2S2/c1-3-17(21)23-12-7-5-11(6-8-12)13-9-15(20)16(10-14(13)19)24-18(22)4-2/h3-10H,1-2H2. The Morgan fingerprint density at radius 3 is 2.04 bits per heavy atom. The minimum absolute atomic E-state index is 0.0782. The lowest BCUT2D eigenvalue weighted by molar-refractivity contribution is -0.107.